The number of amides is 2. The fraction of sp³-hybridized carbons (Fsp3) is 0.458. The number of likely N-dealkylation sites (tertiary alicyclic amines) is 1. The molecule has 2 saturated heterocycles. The van der Waals surface area contributed by atoms with Gasteiger partial charge in [-0.15, -0.1) is 0 Å². The van der Waals surface area contributed by atoms with Crippen molar-refractivity contribution in [3.8, 4) is 0 Å². The maximum atomic E-state index is 13.0. The molecule has 6 nitrogen and oxygen atoms in total. The fourth-order valence-electron chi connectivity index (χ4n) is 5.06. The van der Waals surface area contributed by atoms with Crippen molar-refractivity contribution in [1.29, 1.82) is 0 Å². The molecule has 0 radical (unpaired) electrons. The number of piperidine rings is 1. The van der Waals surface area contributed by atoms with E-state index in [-0.39, 0.29) is 12.0 Å². The van der Waals surface area contributed by atoms with Crippen LogP contribution in [0.5, 0.6) is 0 Å². The van der Waals surface area contributed by atoms with Crippen molar-refractivity contribution in [2.24, 2.45) is 5.92 Å². The number of pyridine rings is 1. The van der Waals surface area contributed by atoms with E-state index in [2.05, 4.69) is 11.9 Å². The smallest absolute Gasteiger partial charge is 0.411 e. The lowest BCUT2D eigenvalue weighted by Crippen LogP contribution is -2.59. The molecular weight excluding hydrogens is 378 g/mol. The first-order valence-corrected chi connectivity index (χ1v) is 10.8. The number of hydrogen-bond acceptors (Lipinski definition) is 4. The second-order valence-corrected chi connectivity index (χ2v) is 8.89. The summed E-state index contributed by atoms with van der Waals surface area (Å²) in [6.45, 7) is 3.97. The van der Waals surface area contributed by atoms with Crippen LogP contribution in [0.25, 0.3) is 0 Å². The molecular formula is C24H27N3O3. The average Bonchev–Trinajstić information content (AvgIpc) is 3.59. The molecule has 6 heteroatoms. The van der Waals surface area contributed by atoms with Crippen LogP contribution in [0.3, 0.4) is 0 Å². The van der Waals surface area contributed by atoms with Gasteiger partial charge in [0.25, 0.3) is 5.91 Å². The molecule has 0 bridgehead atoms. The Labute approximate surface area is 176 Å². The summed E-state index contributed by atoms with van der Waals surface area (Å²) in [4.78, 5) is 34.1. The highest BCUT2D eigenvalue weighted by Gasteiger charge is 2.64. The van der Waals surface area contributed by atoms with Crippen molar-refractivity contribution in [2.45, 2.75) is 43.7 Å². The topological polar surface area (TPSA) is 62.7 Å². The summed E-state index contributed by atoms with van der Waals surface area (Å²) in [6, 6.07) is 13.3. The van der Waals surface area contributed by atoms with Crippen LogP contribution >= 0.6 is 0 Å². The molecule has 2 amide bonds. The molecule has 3 aliphatic rings. The first kappa shape index (κ1) is 19.1. The third kappa shape index (κ3) is 2.97. The van der Waals surface area contributed by atoms with E-state index in [1.54, 1.807) is 6.20 Å². The van der Waals surface area contributed by atoms with Crippen molar-refractivity contribution in [2.75, 3.05) is 19.6 Å². The lowest BCUT2D eigenvalue weighted by Gasteiger charge is -2.48. The van der Waals surface area contributed by atoms with Crippen LogP contribution in [0.2, 0.25) is 0 Å². The Morgan fingerprint density at radius 3 is 2.50 bits per heavy atom. The van der Waals surface area contributed by atoms with Crippen molar-refractivity contribution in [3.05, 3.63) is 66.0 Å². The maximum Gasteiger partial charge on any atom is 0.411 e. The van der Waals surface area contributed by atoms with Crippen molar-refractivity contribution in [3.63, 3.8) is 0 Å². The zero-order valence-electron chi connectivity index (χ0n) is 17.3. The largest absolute Gasteiger partial charge is 0.440 e. The molecule has 1 aromatic heterocycles. The molecule has 5 rings (SSSR count). The Kier molecular flexibility index (Phi) is 4.53. The highest BCUT2D eigenvalue weighted by Crippen LogP contribution is 2.53. The Bertz CT molecular complexity index is 937. The predicted octanol–water partition coefficient (Wildman–Crippen LogP) is 3.83. The second-order valence-electron chi connectivity index (χ2n) is 8.89. The zero-order chi connectivity index (χ0) is 20.8. The van der Waals surface area contributed by atoms with Gasteiger partial charge in [-0.2, -0.15) is 0 Å². The average molecular weight is 405 g/mol. The van der Waals surface area contributed by atoms with Crippen molar-refractivity contribution in [1.82, 2.24) is 14.8 Å². The van der Waals surface area contributed by atoms with E-state index in [1.807, 2.05) is 58.5 Å². The maximum absolute atomic E-state index is 13.0. The summed E-state index contributed by atoms with van der Waals surface area (Å²) in [6.07, 6.45) is 6.93. The third-order valence-electron chi connectivity index (χ3n) is 7.17. The molecule has 1 atom stereocenters. The van der Waals surface area contributed by atoms with Gasteiger partial charge in [0.15, 0.2) is 0 Å². The lowest BCUT2D eigenvalue weighted by molar-refractivity contribution is -0.0548. The van der Waals surface area contributed by atoms with Gasteiger partial charge in [0.2, 0.25) is 0 Å². The highest BCUT2D eigenvalue weighted by atomic mass is 16.6. The summed E-state index contributed by atoms with van der Waals surface area (Å²) in [5, 5.41) is 0. The van der Waals surface area contributed by atoms with Crippen LogP contribution in [-0.2, 0) is 10.3 Å². The Morgan fingerprint density at radius 1 is 1.13 bits per heavy atom. The number of ether oxygens (including phenoxy) is 1. The minimum absolute atomic E-state index is 0.0349. The van der Waals surface area contributed by atoms with Gasteiger partial charge in [-0.05, 0) is 49.4 Å². The van der Waals surface area contributed by atoms with Crippen LogP contribution in [0.15, 0.2) is 54.9 Å². The number of rotatable bonds is 4. The molecule has 2 aliphatic heterocycles. The van der Waals surface area contributed by atoms with Crippen LogP contribution in [0.4, 0.5) is 4.79 Å². The van der Waals surface area contributed by atoms with E-state index in [4.69, 9.17) is 4.74 Å². The van der Waals surface area contributed by atoms with Gasteiger partial charge >= 0.3 is 6.09 Å². The summed E-state index contributed by atoms with van der Waals surface area (Å²) < 4.78 is 6.16. The monoisotopic (exact) mass is 405 g/mol. The number of hydrogen-bond donors (Lipinski definition) is 0. The van der Waals surface area contributed by atoms with Crippen LogP contribution in [0.1, 0.15) is 48.5 Å². The molecule has 30 heavy (non-hydrogen) atoms. The molecule has 2 aromatic rings. The van der Waals surface area contributed by atoms with Crippen LogP contribution < -0.4 is 0 Å². The minimum atomic E-state index is -0.657. The molecule has 1 aromatic carbocycles. The second kappa shape index (κ2) is 7.11. The SMILES string of the molecule is CC1(c2cccnc2)N(CC2CC2)C(=O)OC12CCN(C(=O)c1ccccc1)CC2. The fourth-order valence-corrected chi connectivity index (χ4v) is 5.06. The quantitative estimate of drug-likeness (QED) is 0.776. The van der Waals surface area contributed by atoms with E-state index in [0.29, 0.717) is 37.4 Å². The molecule has 1 aliphatic carbocycles. The zero-order valence-corrected chi connectivity index (χ0v) is 17.3. The predicted molar refractivity (Wildman–Crippen MR) is 112 cm³/mol. The van der Waals surface area contributed by atoms with Gasteiger partial charge in [-0.3, -0.25) is 14.7 Å². The first-order chi connectivity index (χ1) is 14.5. The lowest BCUT2D eigenvalue weighted by atomic mass is 9.70. The van der Waals surface area contributed by atoms with E-state index in [0.717, 1.165) is 12.1 Å². The molecule has 0 N–H and O–H groups in total. The summed E-state index contributed by atoms with van der Waals surface area (Å²) in [5.74, 6) is 0.594. The van der Waals surface area contributed by atoms with Gasteiger partial charge in [0.05, 0.1) is 0 Å². The minimum Gasteiger partial charge on any atom is -0.440 e. The molecule has 3 fully saturated rings. The number of nitrogens with zero attached hydrogens (tertiary/aromatic N) is 3. The normalized spacial score (nSPS) is 25.4. The Hall–Kier alpha value is -2.89. The molecule has 1 saturated carbocycles. The highest BCUT2D eigenvalue weighted by molar-refractivity contribution is 5.94. The molecule has 1 spiro atoms. The third-order valence-corrected chi connectivity index (χ3v) is 7.17. The van der Waals surface area contributed by atoms with Crippen molar-refractivity contribution >= 4 is 12.0 Å². The Morgan fingerprint density at radius 2 is 1.87 bits per heavy atom. The number of benzene rings is 1. The molecule has 3 heterocycles. The molecule has 156 valence electrons. The number of carbonyl (C=O) groups is 2. The molecule has 1 unspecified atom stereocenters. The standard InChI is InChI=1S/C24H27N3O3/c1-23(20-8-5-13-25-16-20)24(30-22(29)27(23)17-18-9-10-18)11-14-26(15-12-24)21(28)19-6-3-2-4-7-19/h2-8,13,16,18H,9-12,14-15,17H2,1H3. The number of carbonyl (C=O) groups excluding carboxylic acids is 2. The summed E-state index contributed by atoms with van der Waals surface area (Å²) in [7, 11) is 0. The van der Waals surface area contributed by atoms with Crippen LogP contribution in [-0.4, -0.2) is 52.0 Å². The van der Waals surface area contributed by atoms with E-state index in [1.165, 1.54) is 12.8 Å². The summed E-state index contributed by atoms with van der Waals surface area (Å²) in [5.41, 5.74) is 0.444. The van der Waals surface area contributed by atoms with Gasteiger partial charge in [-0.1, -0.05) is 24.3 Å². The van der Waals surface area contributed by atoms with Gasteiger partial charge < -0.3 is 9.64 Å². The summed E-state index contributed by atoms with van der Waals surface area (Å²) >= 11 is 0. The Balaban J connectivity index is 1.44. The van der Waals surface area contributed by atoms with Crippen LogP contribution in [0, 0.1) is 5.92 Å². The van der Waals surface area contributed by atoms with Crippen molar-refractivity contribution < 1.29 is 14.3 Å². The van der Waals surface area contributed by atoms with Gasteiger partial charge in [0, 0.05) is 50.4 Å². The number of aromatic nitrogens is 1. The van der Waals surface area contributed by atoms with E-state index >= 15 is 0 Å². The van der Waals surface area contributed by atoms with Gasteiger partial charge in [0.1, 0.15) is 11.1 Å². The van der Waals surface area contributed by atoms with Gasteiger partial charge in [-0.25, -0.2) is 4.79 Å². The van der Waals surface area contributed by atoms with E-state index in [9.17, 15) is 9.59 Å². The first-order valence-electron chi connectivity index (χ1n) is 10.8. The van der Waals surface area contributed by atoms with E-state index < -0.39 is 11.1 Å².